The van der Waals surface area contributed by atoms with Crippen LogP contribution < -0.4 is 4.90 Å². The Kier molecular flexibility index (Phi) is 7.52. The minimum absolute atomic E-state index is 0.0257. The number of aliphatic hydroxyl groups is 1. The molecule has 0 spiro atoms. The van der Waals surface area contributed by atoms with E-state index in [0.717, 1.165) is 11.0 Å². The predicted octanol–water partition coefficient (Wildman–Crippen LogP) is 8.09. The first-order valence-corrected chi connectivity index (χ1v) is 11.4. The van der Waals surface area contributed by atoms with Gasteiger partial charge in [-0.15, -0.1) is 0 Å². The van der Waals surface area contributed by atoms with E-state index in [9.17, 15) is 49.4 Å². The molecule has 1 N–H and O–H groups in total. The van der Waals surface area contributed by atoms with Crippen LogP contribution in [0.3, 0.4) is 0 Å². The van der Waals surface area contributed by atoms with Gasteiger partial charge in [0.2, 0.25) is 0 Å². The Balaban J connectivity index is 2.22. The van der Waals surface area contributed by atoms with Crippen molar-refractivity contribution in [1.29, 1.82) is 0 Å². The molecule has 1 aliphatic rings. The van der Waals surface area contributed by atoms with E-state index in [1.165, 1.54) is 27.7 Å². The summed E-state index contributed by atoms with van der Waals surface area (Å²) in [6.45, 7) is 6.01. The Morgan fingerprint density at radius 1 is 0.868 bits per heavy atom. The molecular formula is C25H24F9NO3. The number of alkyl halides is 9. The first kappa shape index (κ1) is 29.6. The van der Waals surface area contributed by atoms with E-state index in [1.54, 1.807) is 0 Å². The maximum Gasteiger partial charge on any atom is 0.416 e. The van der Waals surface area contributed by atoms with Crippen molar-refractivity contribution in [1.82, 2.24) is 0 Å². The Bertz CT molecular complexity index is 1160. The van der Waals surface area contributed by atoms with Crippen LogP contribution in [0.25, 0.3) is 0 Å². The summed E-state index contributed by atoms with van der Waals surface area (Å²) >= 11 is 0. The number of hydrogen-bond acceptors (Lipinski definition) is 3. The lowest BCUT2D eigenvalue weighted by atomic mass is 9.83. The molecule has 0 radical (unpaired) electrons. The molecule has 3 atom stereocenters. The molecule has 1 amide bonds. The van der Waals surface area contributed by atoms with Gasteiger partial charge in [-0.3, -0.25) is 4.90 Å². The van der Waals surface area contributed by atoms with Crippen LogP contribution in [0, 0.1) is 0 Å². The lowest BCUT2D eigenvalue weighted by Gasteiger charge is -2.32. The normalized spacial score (nSPS) is 19.4. The van der Waals surface area contributed by atoms with Crippen molar-refractivity contribution in [2.75, 3.05) is 4.90 Å². The second-order valence-electron chi connectivity index (χ2n) is 9.91. The highest BCUT2D eigenvalue weighted by Crippen LogP contribution is 2.51. The van der Waals surface area contributed by atoms with Gasteiger partial charge in [0.05, 0.1) is 28.5 Å². The van der Waals surface area contributed by atoms with E-state index in [4.69, 9.17) is 4.74 Å². The Morgan fingerprint density at radius 2 is 1.37 bits per heavy atom. The molecule has 1 aliphatic heterocycles. The summed E-state index contributed by atoms with van der Waals surface area (Å²) in [5, 5.41) is 11.2. The summed E-state index contributed by atoms with van der Waals surface area (Å²) in [5.41, 5.74) is -6.69. The number of carbonyl (C=O) groups excluding carboxylic acids is 1. The third-order valence-electron chi connectivity index (χ3n) is 6.02. The Hall–Kier alpha value is -2.96. The fourth-order valence-electron chi connectivity index (χ4n) is 4.48. The summed E-state index contributed by atoms with van der Waals surface area (Å²) in [6, 6.07) is 1.72. The molecule has 3 rings (SSSR count). The molecule has 0 bridgehead atoms. The monoisotopic (exact) mass is 557 g/mol. The summed E-state index contributed by atoms with van der Waals surface area (Å²) < 4.78 is 126. The minimum atomic E-state index is -5.18. The highest BCUT2D eigenvalue weighted by atomic mass is 19.4. The van der Waals surface area contributed by atoms with Crippen molar-refractivity contribution in [3.8, 4) is 0 Å². The standard InChI is InChI=1S/C25H24F9NO3/c1-5-17-19(20(36)12-8-14(24(29,30)31)10-15(9-12)25(32,33)34)16-7-6-13(23(26,27)28)11-18(16)35(17)21(37)38-22(2,3)4/h6-11,17,19-20,36H,5H2,1-4H3/t17-,19?,20+/m1/s1. The molecule has 0 saturated heterocycles. The molecular weight excluding hydrogens is 533 g/mol. The highest BCUT2D eigenvalue weighted by Gasteiger charge is 2.48. The molecule has 4 nitrogen and oxygen atoms in total. The van der Waals surface area contributed by atoms with E-state index in [2.05, 4.69) is 0 Å². The average molecular weight is 557 g/mol. The number of fused-ring (bicyclic) bond motifs is 1. The molecule has 13 heteroatoms. The zero-order valence-corrected chi connectivity index (χ0v) is 20.5. The van der Waals surface area contributed by atoms with Crippen molar-refractivity contribution in [3.05, 3.63) is 64.2 Å². The van der Waals surface area contributed by atoms with E-state index >= 15 is 0 Å². The molecule has 1 unspecified atom stereocenters. The molecule has 0 fully saturated rings. The number of hydrogen-bond donors (Lipinski definition) is 1. The first-order chi connectivity index (χ1) is 17.1. The second kappa shape index (κ2) is 9.65. The molecule has 0 aliphatic carbocycles. The number of aliphatic hydroxyl groups excluding tert-OH is 1. The number of carbonyl (C=O) groups is 1. The van der Waals surface area contributed by atoms with Crippen LogP contribution in [0.15, 0.2) is 36.4 Å². The lowest BCUT2D eigenvalue weighted by molar-refractivity contribution is -0.143. The Morgan fingerprint density at radius 3 is 1.79 bits per heavy atom. The van der Waals surface area contributed by atoms with Crippen LogP contribution in [0.5, 0.6) is 0 Å². The minimum Gasteiger partial charge on any atom is -0.443 e. The van der Waals surface area contributed by atoms with E-state index in [0.29, 0.717) is 24.3 Å². The number of benzene rings is 2. The van der Waals surface area contributed by atoms with Crippen molar-refractivity contribution in [2.24, 2.45) is 0 Å². The molecule has 38 heavy (non-hydrogen) atoms. The van der Waals surface area contributed by atoms with Crippen molar-refractivity contribution in [2.45, 2.75) is 76.3 Å². The fraction of sp³-hybridized carbons (Fsp3) is 0.480. The van der Waals surface area contributed by atoms with Crippen molar-refractivity contribution < 1.29 is 54.2 Å². The summed E-state index contributed by atoms with van der Waals surface area (Å²) in [7, 11) is 0. The summed E-state index contributed by atoms with van der Waals surface area (Å²) in [5.74, 6) is -1.37. The van der Waals surface area contributed by atoms with Gasteiger partial charge in [0.25, 0.3) is 0 Å². The number of halogens is 9. The SMILES string of the molecule is CC[C@@H]1C([C@@H](O)c2cc(C(F)(F)F)cc(C(F)(F)F)c2)c2ccc(C(F)(F)F)cc2N1C(=O)OC(C)(C)C. The smallest absolute Gasteiger partial charge is 0.416 e. The quantitative estimate of drug-likeness (QED) is 0.388. The third kappa shape index (κ3) is 6.02. The lowest BCUT2D eigenvalue weighted by Crippen LogP contribution is -2.43. The van der Waals surface area contributed by atoms with Gasteiger partial charge in [-0.25, -0.2) is 4.79 Å². The predicted molar refractivity (Wildman–Crippen MR) is 118 cm³/mol. The van der Waals surface area contributed by atoms with Gasteiger partial charge in [-0.2, -0.15) is 39.5 Å². The molecule has 2 aromatic carbocycles. The van der Waals surface area contributed by atoms with Gasteiger partial charge in [0.15, 0.2) is 0 Å². The number of ether oxygens (including phenoxy) is 1. The van der Waals surface area contributed by atoms with Gasteiger partial charge in [-0.05, 0) is 68.7 Å². The van der Waals surface area contributed by atoms with E-state index < -0.39 is 70.5 Å². The first-order valence-electron chi connectivity index (χ1n) is 11.4. The van der Waals surface area contributed by atoms with Gasteiger partial charge in [0, 0.05) is 12.0 Å². The van der Waals surface area contributed by atoms with Crippen LogP contribution in [0.1, 0.15) is 74.0 Å². The van der Waals surface area contributed by atoms with Crippen molar-refractivity contribution >= 4 is 11.8 Å². The van der Waals surface area contributed by atoms with E-state index in [-0.39, 0.29) is 23.7 Å². The third-order valence-corrected chi connectivity index (χ3v) is 6.02. The van der Waals surface area contributed by atoms with Crippen LogP contribution >= 0.6 is 0 Å². The highest BCUT2D eigenvalue weighted by molar-refractivity contribution is 5.92. The van der Waals surface area contributed by atoms with Gasteiger partial charge in [0.1, 0.15) is 5.60 Å². The topological polar surface area (TPSA) is 49.8 Å². The van der Waals surface area contributed by atoms with Gasteiger partial charge >= 0.3 is 24.6 Å². The zero-order valence-electron chi connectivity index (χ0n) is 20.5. The largest absolute Gasteiger partial charge is 0.443 e. The zero-order chi connectivity index (χ0) is 29.0. The number of nitrogens with zero attached hydrogens (tertiary/aromatic N) is 1. The number of amides is 1. The maximum absolute atomic E-state index is 13.5. The molecule has 210 valence electrons. The van der Waals surface area contributed by atoms with Gasteiger partial charge in [-0.1, -0.05) is 13.0 Å². The number of rotatable bonds is 3. The average Bonchev–Trinajstić information content (AvgIpc) is 3.09. The summed E-state index contributed by atoms with van der Waals surface area (Å²) in [4.78, 5) is 13.9. The maximum atomic E-state index is 13.5. The van der Waals surface area contributed by atoms with Crippen molar-refractivity contribution in [3.63, 3.8) is 0 Å². The van der Waals surface area contributed by atoms with Crippen LogP contribution in [0.2, 0.25) is 0 Å². The van der Waals surface area contributed by atoms with Crippen LogP contribution in [-0.4, -0.2) is 22.8 Å². The van der Waals surface area contributed by atoms with Gasteiger partial charge < -0.3 is 9.84 Å². The van der Waals surface area contributed by atoms with E-state index in [1.807, 2.05) is 0 Å². The summed E-state index contributed by atoms with van der Waals surface area (Å²) in [6.07, 6.45) is -18.3. The fourth-order valence-corrected chi connectivity index (χ4v) is 4.48. The molecule has 1 heterocycles. The molecule has 0 saturated carbocycles. The van der Waals surface area contributed by atoms with Crippen LogP contribution in [-0.2, 0) is 23.3 Å². The molecule has 2 aromatic rings. The molecule has 0 aromatic heterocycles. The number of anilines is 1. The van der Waals surface area contributed by atoms with Crippen LogP contribution in [0.4, 0.5) is 50.0 Å². The Labute approximate surface area is 212 Å². The second-order valence-corrected chi connectivity index (χ2v) is 9.91.